The zero-order chi connectivity index (χ0) is 35.0. The van der Waals surface area contributed by atoms with Crippen LogP contribution in [-0.2, 0) is 19.1 Å². The first kappa shape index (κ1) is 45.3. The van der Waals surface area contributed by atoms with E-state index in [2.05, 4.69) is 86.8 Å². The van der Waals surface area contributed by atoms with Gasteiger partial charge in [0.05, 0.1) is 6.61 Å². The fourth-order valence-electron chi connectivity index (χ4n) is 4.91. The molecule has 0 saturated carbocycles. The van der Waals surface area contributed by atoms with Crippen LogP contribution in [0.3, 0.4) is 0 Å². The number of allylic oxidation sites excluding steroid dienone is 12. The molecule has 0 amide bonds. The van der Waals surface area contributed by atoms with Crippen molar-refractivity contribution in [1.29, 1.82) is 0 Å². The van der Waals surface area contributed by atoms with E-state index in [1.807, 2.05) is 0 Å². The van der Waals surface area contributed by atoms with Crippen LogP contribution in [0.1, 0.15) is 168 Å². The Morgan fingerprint density at radius 3 is 1.19 bits per heavy atom. The van der Waals surface area contributed by atoms with E-state index in [1.54, 1.807) is 0 Å². The van der Waals surface area contributed by atoms with E-state index in [1.165, 1.54) is 77.0 Å². The van der Waals surface area contributed by atoms with Crippen LogP contribution < -0.4 is 0 Å². The average Bonchev–Trinajstić information content (AvgIpc) is 3.09. The van der Waals surface area contributed by atoms with Crippen molar-refractivity contribution in [2.45, 2.75) is 174 Å². The molecule has 0 heterocycles. The Balaban J connectivity index is 3.70. The summed E-state index contributed by atoms with van der Waals surface area (Å²) < 4.78 is 10.5. The van der Waals surface area contributed by atoms with E-state index in [0.717, 1.165) is 57.8 Å². The smallest absolute Gasteiger partial charge is 0.306 e. The number of carbonyl (C=O) groups is 2. The molecule has 274 valence electrons. The van der Waals surface area contributed by atoms with E-state index < -0.39 is 6.10 Å². The topological polar surface area (TPSA) is 72.8 Å². The molecule has 0 spiro atoms. The molecule has 48 heavy (non-hydrogen) atoms. The number of esters is 2. The molecule has 0 bridgehead atoms. The van der Waals surface area contributed by atoms with Crippen molar-refractivity contribution in [1.82, 2.24) is 0 Å². The second-order valence-corrected chi connectivity index (χ2v) is 12.6. The molecule has 0 aliphatic carbocycles. The molecule has 0 aromatic rings. The summed E-state index contributed by atoms with van der Waals surface area (Å²) in [6.07, 6.45) is 51.1. The predicted octanol–water partition coefficient (Wildman–Crippen LogP) is 12.2. The van der Waals surface area contributed by atoms with Gasteiger partial charge in [0.25, 0.3) is 0 Å². The van der Waals surface area contributed by atoms with Gasteiger partial charge in [0.15, 0.2) is 6.10 Å². The van der Waals surface area contributed by atoms with E-state index in [-0.39, 0.29) is 31.6 Å². The first-order valence-electron chi connectivity index (χ1n) is 19.5. The molecule has 5 nitrogen and oxygen atoms in total. The SMILES string of the molecule is CCCCCC=CCC=CCCCCC=CCCCC(=O)OCC(CO)OC(=O)CCCC=CCCCCC=CCC=CCCCCC. The molecule has 1 atom stereocenters. The van der Waals surface area contributed by atoms with Crippen molar-refractivity contribution < 1.29 is 24.2 Å². The van der Waals surface area contributed by atoms with Crippen LogP contribution in [-0.4, -0.2) is 36.4 Å². The van der Waals surface area contributed by atoms with Gasteiger partial charge in [-0.2, -0.15) is 0 Å². The summed E-state index contributed by atoms with van der Waals surface area (Å²) in [4.78, 5) is 24.2. The van der Waals surface area contributed by atoms with Gasteiger partial charge < -0.3 is 14.6 Å². The first-order valence-corrected chi connectivity index (χ1v) is 19.5. The van der Waals surface area contributed by atoms with Gasteiger partial charge in [-0.3, -0.25) is 9.59 Å². The van der Waals surface area contributed by atoms with Gasteiger partial charge in [0, 0.05) is 12.8 Å². The molecule has 0 aromatic carbocycles. The largest absolute Gasteiger partial charge is 0.462 e. The summed E-state index contributed by atoms with van der Waals surface area (Å²) in [5, 5.41) is 9.54. The third-order valence-corrected chi connectivity index (χ3v) is 7.91. The van der Waals surface area contributed by atoms with Gasteiger partial charge >= 0.3 is 11.9 Å². The summed E-state index contributed by atoms with van der Waals surface area (Å²) in [7, 11) is 0. The lowest BCUT2D eigenvalue weighted by Gasteiger charge is -2.15. The number of ether oxygens (including phenoxy) is 2. The van der Waals surface area contributed by atoms with Gasteiger partial charge in [-0.15, -0.1) is 0 Å². The Kier molecular flexibility index (Phi) is 36.6. The van der Waals surface area contributed by atoms with Crippen molar-refractivity contribution in [3.63, 3.8) is 0 Å². The van der Waals surface area contributed by atoms with Crippen molar-refractivity contribution in [3.8, 4) is 0 Å². The lowest BCUT2D eigenvalue weighted by atomic mass is 10.1. The molecule has 0 radical (unpaired) electrons. The maximum Gasteiger partial charge on any atom is 0.306 e. The van der Waals surface area contributed by atoms with Crippen LogP contribution in [0.25, 0.3) is 0 Å². The highest BCUT2D eigenvalue weighted by atomic mass is 16.6. The second-order valence-electron chi connectivity index (χ2n) is 12.6. The molecule has 1 N–H and O–H groups in total. The van der Waals surface area contributed by atoms with Crippen molar-refractivity contribution in [2.75, 3.05) is 13.2 Å². The van der Waals surface area contributed by atoms with Crippen LogP contribution >= 0.6 is 0 Å². The Labute approximate surface area is 295 Å². The number of carbonyl (C=O) groups excluding carboxylic acids is 2. The molecule has 0 fully saturated rings. The normalized spacial score (nSPS) is 13.0. The molecular weight excluding hydrogens is 596 g/mol. The van der Waals surface area contributed by atoms with Crippen LogP contribution in [0.5, 0.6) is 0 Å². The van der Waals surface area contributed by atoms with Gasteiger partial charge in [0.2, 0.25) is 0 Å². The fourth-order valence-corrected chi connectivity index (χ4v) is 4.91. The standard InChI is InChI=1S/C43H72O5/c1-3-5-7-9-11-13-15-17-19-21-23-25-27-29-31-33-35-37-42(45)47-40-41(39-44)48-43(46)38-36-34-32-30-28-26-24-22-20-18-16-14-12-10-8-6-4-2/h11-14,17-20,29-32,41,44H,3-10,15-16,21-28,33-40H2,1-2H3. The molecule has 0 aliphatic heterocycles. The second kappa shape index (κ2) is 38.8. The number of hydrogen-bond donors (Lipinski definition) is 1. The molecule has 0 aliphatic rings. The lowest BCUT2D eigenvalue weighted by molar-refractivity contribution is -0.161. The Morgan fingerprint density at radius 2 is 0.812 bits per heavy atom. The van der Waals surface area contributed by atoms with E-state index >= 15 is 0 Å². The number of aliphatic hydroxyl groups excluding tert-OH is 1. The summed E-state index contributed by atoms with van der Waals surface area (Å²) in [6, 6.07) is 0. The van der Waals surface area contributed by atoms with E-state index in [9.17, 15) is 14.7 Å². The van der Waals surface area contributed by atoms with Crippen LogP contribution in [0.15, 0.2) is 72.9 Å². The van der Waals surface area contributed by atoms with Crippen LogP contribution in [0.4, 0.5) is 0 Å². The lowest BCUT2D eigenvalue weighted by Crippen LogP contribution is -2.28. The fraction of sp³-hybridized carbons (Fsp3) is 0.674. The number of rotatable bonds is 34. The highest BCUT2D eigenvalue weighted by Gasteiger charge is 2.15. The van der Waals surface area contributed by atoms with Crippen molar-refractivity contribution in [2.24, 2.45) is 0 Å². The molecule has 1 unspecified atom stereocenters. The minimum Gasteiger partial charge on any atom is -0.462 e. The minimum absolute atomic E-state index is 0.106. The zero-order valence-electron chi connectivity index (χ0n) is 31.0. The predicted molar refractivity (Wildman–Crippen MR) is 205 cm³/mol. The average molecular weight is 669 g/mol. The summed E-state index contributed by atoms with van der Waals surface area (Å²) >= 11 is 0. The number of hydrogen-bond acceptors (Lipinski definition) is 5. The molecule has 0 rings (SSSR count). The summed E-state index contributed by atoms with van der Waals surface area (Å²) in [5.74, 6) is -0.695. The third-order valence-electron chi connectivity index (χ3n) is 7.91. The van der Waals surface area contributed by atoms with E-state index in [4.69, 9.17) is 9.47 Å². The maximum absolute atomic E-state index is 12.1. The van der Waals surface area contributed by atoms with Crippen LogP contribution in [0.2, 0.25) is 0 Å². The van der Waals surface area contributed by atoms with Gasteiger partial charge in [0.1, 0.15) is 6.61 Å². The molecule has 0 aromatic heterocycles. The zero-order valence-corrected chi connectivity index (χ0v) is 31.0. The monoisotopic (exact) mass is 669 g/mol. The number of aliphatic hydroxyl groups is 1. The van der Waals surface area contributed by atoms with Gasteiger partial charge in [-0.25, -0.2) is 0 Å². The number of unbranched alkanes of at least 4 members (excludes halogenated alkanes) is 14. The highest BCUT2D eigenvalue weighted by Crippen LogP contribution is 2.08. The highest BCUT2D eigenvalue weighted by molar-refractivity contribution is 5.70. The summed E-state index contributed by atoms with van der Waals surface area (Å²) in [5.41, 5.74) is 0. The maximum atomic E-state index is 12.1. The third kappa shape index (κ3) is 36.2. The quantitative estimate of drug-likeness (QED) is 0.0420. The Hall–Kier alpha value is -2.66. The molecule has 5 heteroatoms. The van der Waals surface area contributed by atoms with Crippen LogP contribution in [0, 0.1) is 0 Å². The molecule has 0 saturated heterocycles. The van der Waals surface area contributed by atoms with Gasteiger partial charge in [-0.05, 0) is 116 Å². The molecular formula is C43H72O5. The van der Waals surface area contributed by atoms with E-state index in [0.29, 0.717) is 12.8 Å². The Bertz CT molecular complexity index is 895. The Morgan fingerprint density at radius 1 is 0.479 bits per heavy atom. The van der Waals surface area contributed by atoms with Crippen molar-refractivity contribution >= 4 is 11.9 Å². The van der Waals surface area contributed by atoms with Gasteiger partial charge in [-0.1, -0.05) is 112 Å². The minimum atomic E-state index is -0.811. The van der Waals surface area contributed by atoms with Crippen molar-refractivity contribution in [3.05, 3.63) is 72.9 Å². The first-order chi connectivity index (χ1) is 23.6. The summed E-state index contributed by atoms with van der Waals surface area (Å²) in [6.45, 7) is 4.00.